The Labute approximate surface area is 639 Å². The molecule has 18 nitrogen and oxygen atoms in total. The van der Waals surface area contributed by atoms with Gasteiger partial charge < -0.3 is 9.13 Å². The van der Waals surface area contributed by atoms with E-state index < -0.39 is 0 Å². The average molecular weight is 1420 g/mol. The van der Waals surface area contributed by atoms with Crippen LogP contribution in [0.5, 0.6) is 0 Å². The summed E-state index contributed by atoms with van der Waals surface area (Å²) in [6, 6.07) is 87.4. The molecule has 3 aromatic heterocycles. The fraction of sp³-hybridized carbons (Fsp3) is 0. The second kappa shape index (κ2) is 28.1. The quantitative estimate of drug-likeness (QED) is 0.111. The predicted octanol–water partition coefficient (Wildman–Crippen LogP) is 23.5. The van der Waals surface area contributed by atoms with Crippen molar-refractivity contribution in [3.8, 4) is 155 Å². The van der Waals surface area contributed by atoms with Gasteiger partial charge in [0.15, 0.2) is 51.6 Å². The van der Waals surface area contributed by atoms with Crippen LogP contribution in [0.1, 0.15) is 38.9 Å². The number of hydrogen-bond acceptors (Lipinski definition) is 10. The van der Waals surface area contributed by atoms with Crippen LogP contribution in [0, 0.1) is 119 Å². The molecule has 16 aromatic rings. The summed E-state index contributed by atoms with van der Waals surface area (Å²) in [6.45, 7) is 49.3. The Morgan fingerprint density at radius 2 is 0.607 bits per heavy atom. The highest BCUT2D eigenvalue weighted by Gasteiger charge is 2.28. The summed E-state index contributed by atoms with van der Waals surface area (Å²) in [7, 11) is 0. The molecule has 0 N–H and O–H groups in total. The molecule has 0 aliphatic rings. The van der Waals surface area contributed by atoms with E-state index in [2.05, 4.69) is 80.7 Å². The highest BCUT2D eigenvalue weighted by Crippen LogP contribution is 2.50. The Hall–Kier alpha value is -18.2. The Morgan fingerprint density at radius 3 is 1.00 bits per heavy atom. The van der Waals surface area contributed by atoms with Crippen LogP contribution in [0.15, 0.2) is 243 Å². The van der Waals surface area contributed by atoms with E-state index in [1.807, 2.05) is 170 Å². The SMILES string of the molecule is [C-]#[N+]c1cc(C#N)c(-c2ccc3c(c2)c2cc(-c4c(C#N)cc(C#N)cc4[N+]#[C-])ccc2n3-c2ccc(-c3nc(-c4ccccc4)nc(-c4ccccc4)n3)cc2-c2ccc(-c3ccccc3C#N)cc2-n2c3ccc(-c4c(C#N)cc(C#N)cc4[N+]#[C-])cc3c3cc(-c4c(C#N)cc([N+]#[C-])cc4[N+]#[C-])ccc32)c([N+]#[C-])c1. The molecule has 13 aromatic carbocycles. The molecule has 0 atom stereocenters. The lowest BCUT2D eigenvalue weighted by Gasteiger charge is -2.21. The normalized spacial score (nSPS) is 10.6. The molecule has 0 amide bonds. The number of nitriles is 7. The third kappa shape index (κ3) is 11.5. The Kier molecular flexibility index (Phi) is 17.1. The molecule has 0 bridgehead atoms. The van der Waals surface area contributed by atoms with E-state index >= 15 is 0 Å². The van der Waals surface area contributed by atoms with E-state index in [9.17, 15) is 36.8 Å². The van der Waals surface area contributed by atoms with E-state index in [0.29, 0.717) is 134 Å². The standard InChI is InChI=1S/C94H40N18/c1-102-69-37-67(52-100)90(80(45-69)106-5)61-23-29-84-75(41-61)74-39-59(88-65(50-98)33-54(47-95)35-78(88)104-3)22-28-83(74)111(84)82-32-26-63(94-109-92(56-15-9-7-10-16-56)108-93(110-94)57-17-11-8-12-18-57)43-73(82)72-27-21-58(71-20-14-13-19-64(71)49-97)44-87(72)112-85-30-24-60(89-66(51-99)34-55(48-96)36-79(89)105-4)40-76(85)77-42-62(25-31-86(77)112)91-68(53-101)38-70(103-2)46-81(91)107-6/h7-46H. The molecule has 0 radical (unpaired) electrons. The fourth-order valence-electron chi connectivity index (χ4n) is 14.8. The maximum Gasteiger partial charge on any atom is 0.197 e. The zero-order valence-corrected chi connectivity index (χ0v) is 58.1. The van der Waals surface area contributed by atoms with Crippen LogP contribution in [-0.2, 0) is 0 Å². The van der Waals surface area contributed by atoms with Gasteiger partial charge in [-0.15, -0.1) is 0 Å². The lowest BCUT2D eigenvalue weighted by molar-refractivity contribution is 1.07. The third-order valence-corrected chi connectivity index (χ3v) is 19.7. The number of aromatic nitrogens is 5. The highest BCUT2D eigenvalue weighted by molar-refractivity contribution is 6.15. The minimum absolute atomic E-state index is 0.0604. The van der Waals surface area contributed by atoms with Gasteiger partial charge in [-0.1, -0.05) is 127 Å². The van der Waals surface area contributed by atoms with Gasteiger partial charge in [0, 0.05) is 93.9 Å². The number of nitrogens with zero attached hydrogens (tertiary/aromatic N) is 18. The largest absolute Gasteiger partial charge is 0.309 e. The van der Waals surface area contributed by atoms with Crippen LogP contribution in [0.4, 0.5) is 34.1 Å². The molecule has 18 heteroatoms. The van der Waals surface area contributed by atoms with Crippen LogP contribution in [-0.4, -0.2) is 24.1 Å². The number of fused-ring (bicyclic) bond motifs is 6. The van der Waals surface area contributed by atoms with Gasteiger partial charge in [-0.25, -0.2) is 44.0 Å². The lowest BCUT2D eigenvalue weighted by atomic mass is 9.93. The Bertz CT molecular complexity index is 6990. The summed E-state index contributed by atoms with van der Waals surface area (Å²) < 4.78 is 4.14. The maximum absolute atomic E-state index is 10.9. The van der Waals surface area contributed by atoms with E-state index in [-0.39, 0.29) is 84.2 Å². The van der Waals surface area contributed by atoms with Crippen molar-refractivity contribution in [1.29, 1.82) is 36.8 Å². The summed E-state index contributed by atoms with van der Waals surface area (Å²) in [5.41, 5.74) is 12.3. The first-order chi connectivity index (χ1) is 54.9. The summed E-state index contributed by atoms with van der Waals surface area (Å²) in [5.74, 6) is 1.08. The number of hydrogen-bond donors (Lipinski definition) is 0. The maximum atomic E-state index is 10.9. The second-order valence-electron chi connectivity index (χ2n) is 25.7. The van der Waals surface area contributed by atoms with E-state index in [1.54, 1.807) is 24.3 Å². The van der Waals surface area contributed by atoms with Gasteiger partial charge in [0.05, 0.1) is 132 Å². The molecule has 0 aliphatic carbocycles. The van der Waals surface area contributed by atoms with Crippen molar-refractivity contribution in [1.82, 2.24) is 24.1 Å². The van der Waals surface area contributed by atoms with E-state index in [1.165, 1.54) is 48.5 Å². The summed E-state index contributed by atoms with van der Waals surface area (Å²) in [4.78, 5) is 38.1. The van der Waals surface area contributed by atoms with Crippen molar-refractivity contribution in [2.75, 3.05) is 0 Å². The molecule has 0 aliphatic heterocycles. The Balaban J connectivity index is 1.07. The lowest BCUT2D eigenvalue weighted by Crippen LogP contribution is -2.04. The van der Waals surface area contributed by atoms with Gasteiger partial charge >= 0.3 is 0 Å². The smallest absolute Gasteiger partial charge is 0.197 e. The van der Waals surface area contributed by atoms with Crippen LogP contribution in [0.3, 0.4) is 0 Å². The monoisotopic (exact) mass is 1420 g/mol. The molecule has 3 heterocycles. The second-order valence-corrected chi connectivity index (χ2v) is 25.7. The van der Waals surface area contributed by atoms with Gasteiger partial charge in [-0.2, -0.15) is 36.8 Å². The zero-order valence-electron chi connectivity index (χ0n) is 58.1. The summed E-state index contributed by atoms with van der Waals surface area (Å²) >= 11 is 0. The van der Waals surface area contributed by atoms with Gasteiger partial charge in [0.25, 0.3) is 0 Å². The summed E-state index contributed by atoms with van der Waals surface area (Å²) in [5, 5.41) is 76.6. The van der Waals surface area contributed by atoms with Gasteiger partial charge in [-0.05, 0) is 149 Å². The van der Waals surface area contributed by atoms with Crippen molar-refractivity contribution in [3.05, 3.63) is 350 Å². The van der Waals surface area contributed by atoms with Crippen LogP contribution in [0.2, 0.25) is 0 Å². The molecule has 0 spiro atoms. The topological polar surface area (TPSA) is 241 Å². The van der Waals surface area contributed by atoms with Crippen molar-refractivity contribution in [2.24, 2.45) is 0 Å². The van der Waals surface area contributed by atoms with Gasteiger partial charge in [0.2, 0.25) is 0 Å². The van der Waals surface area contributed by atoms with Crippen molar-refractivity contribution in [2.45, 2.75) is 0 Å². The summed E-state index contributed by atoms with van der Waals surface area (Å²) in [6.07, 6.45) is 0. The zero-order chi connectivity index (χ0) is 77.4. The molecule has 0 fully saturated rings. The van der Waals surface area contributed by atoms with E-state index in [0.717, 1.165) is 11.1 Å². The molecule has 0 saturated heterocycles. The molecule has 112 heavy (non-hydrogen) atoms. The van der Waals surface area contributed by atoms with E-state index in [4.69, 9.17) is 54.4 Å². The van der Waals surface area contributed by atoms with Crippen LogP contribution >= 0.6 is 0 Å². The van der Waals surface area contributed by atoms with Crippen molar-refractivity contribution >= 4 is 77.7 Å². The first-order valence-electron chi connectivity index (χ1n) is 34.1. The first-order valence-corrected chi connectivity index (χ1v) is 34.1. The van der Waals surface area contributed by atoms with Crippen molar-refractivity contribution in [3.63, 3.8) is 0 Å². The van der Waals surface area contributed by atoms with Gasteiger partial charge in [-0.3, -0.25) is 0 Å². The molecule has 16 rings (SSSR count). The van der Waals surface area contributed by atoms with Crippen molar-refractivity contribution < 1.29 is 0 Å². The minimum atomic E-state index is 0.0604. The van der Waals surface area contributed by atoms with Gasteiger partial charge in [0.1, 0.15) is 0 Å². The molecular formula is C94H40N18. The van der Waals surface area contributed by atoms with Crippen LogP contribution in [0.25, 0.3) is 185 Å². The predicted molar refractivity (Wildman–Crippen MR) is 428 cm³/mol. The first kappa shape index (κ1) is 68.3. The number of rotatable bonds is 11. The minimum Gasteiger partial charge on any atom is -0.309 e. The fourth-order valence-corrected chi connectivity index (χ4v) is 14.8. The third-order valence-electron chi connectivity index (χ3n) is 19.7. The van der Waals surface area contributed by atoms with Crippen LogP contribution < -0.4 is 0 Å². The Morgan fingerprint density at radius 1 is 0.250 bits per heavy atom. The molecule has 0 unspecified atom stereocenters. The highest BCUT2D eigenvalue weighted by atomic mass is 15.0. The molecular weight excluding hydrogens is 1380 g/mol. The number of benzene rings is 13. The average Bonchev–Trinajstić information content (AvgIpc) is 1.55. The molecule has 0 saturated carbocycles. The molecule has 506 valence electrons.